The van der Waals surface area contributed by atoms with E-state index in [1.807, 2.05) is 45.8 Å². The van der Waals surface area contributed by atoms with Crippen molar-refractivity contribution in [1.82, 2.24) is 5.43 Å². The lowest BCUT2D eigenvalue weighted by Crippen LogP contribution is -2.24. The van der Waals surface area contributed by atoms with Crippen molar-refractivity contribution in [3.63, 3.8) is 0 Å². The van der Waals surface area contributed by atoms with Gasteiger partial charge in [-0.15, -0.1) is 0 Å². The lowest BCUT2D eigenvalue weighted by Gasteiger charge is -2.10. The summed E-state index contributed by atoms with van der Waals surface area (Å²) in [6.07, 6.45) is 8.67. The van der Waals surface area contributed by atoms with Gasteiger partial charge in [-0.1, -0.05) is 68.3 Å². The van der Waals surface area contributed by atoms with Crippen molar-refractivity contribution in [3.05, 3.63) is 83.5 Å². The highest BCUT2D eigenvalue weighted by molar-refractivity contribution is 5.87. The lowest BCUT2D eigenvalue weighted by atomic mass is 10.0. The summed E-state index contributed by atoms with van der Waals surface area (Å²) in [4.78, 5) is 32.3. The van der Waals surface area contributed by atoms with Gasteiger partial charge in [0.15, 0.2) is 6.61 Å². The molecule has 0 spiro atoms. The summed E-state index contributed by atoms with van der Waals surface area (Å²) in [7, 11) is 0. The summed E-state index contributed by atoms with van der Waals surface area (Å²) in [5, 5.41) is 14.1. The zero-order valence-electron chi connectivity index (χ0n) is 21.7. The van der Waals surface area contributed by atoms with Crippen LogP contribution < -0.4 is 14.9 Å². The number of rotatable bonds is 13. The number of hydrazone groups is 1. The SMILES string of the molecule is C=O.CC/C=C(\C=C/CC(=O)Oc1ccccc1/C=N/NC(=O)COc1ccc(C)cc1)C(O)CCC. The van der Waals surface area contributed by atoms with E-state index < -0.39 is 18.0 Å². The van der Waals surface area contributed by atoms with Gasteiger partial charge in [0.25, 0.3) is 5.91 Å². The molecule has 0 radical (unpaired) electrons. The Morgan fingerprint density at radius 3 is 2.49 bits per heavy atom. The Hall–Kier alpha value is -4.04. The second-order valence-corrected chi connectivity index (χ2v) is 7.93. The highest BCUT2D eigenvalue weighted by Gasteiger charge is 2.09. The maximum Gasteiger partial charge on any atom is 0.315 e. The number of esters is 1. The fourth-order valence-corrected chi connectivity index (χ4v) is 3.12. The van der Waals surface area contributed by atoms with E-state index in [0.717, 1.165) is 24.0 Å². The number of carbonyl (C=O) groups is 3. The van der Waals surface area contributed by atoms with E-state index in [4.69, 9.17) is 14.3 Å². The number of hydrogen-bond donors (Lipinski definition) is 2. The second-order valence-electron chi connectivity index (χ2n) is 7.93. The minimum absolute atomic E-state index is 0.0540. The highest BCUT2D eigenvalue weighted by atomic mass is 16.5. The van der Waals surface area contributed by atoms with E-state index in [0.29, 0.717) is 23.5 Å². The highest BCUT2D eigenvalue weighted by Crippen LogP contribution is 2.17. The monoisotopic (exact) mass is 508 g/mol. The van der Waals surface area contributed by atoms with Gasteiger partial charge in [-0.3, -0.25) is 9.59 Å². The molecule has 37 heavy (non-hydrogen) atoms. The molecule has 8 nitrogen and oxygen atoms in total. The van der Waals surface area contributed by atoms with E-state index in [1.165, 1.54) is 6.21 Å². The molecule has 2 aromatic carbocycles. The van der Waals surface area contributed by atoms with Gasteiger partial charge >= 0.3 is 5.97 Å². The van der Waals surface area contributed by atoms with Gasteiger partial charge in [-0.25, -0.2) is 5.43 Å². The fourth-order valence-electron chi connectivity index (χ4n) is 3.12. The van der Waals surface area contributed by atoms with Crippen LogP contribution in [0.5, 0.6) is 11.5 Å². The van der Waals surface area contributed by atoms with Crippen LogP contribution in [-0.4, -0.2) is 42.7 Å². The minimum atomic E-state index is -0.540. The van der Waals surface area contributed by atoms with Crippen LogP contribution in [0, 0.1) is 6.92 Å². The molecule has 1 amide bonds. The number of aryl methyl sites for hydroxylation is 1. The third-order valence-electron chi connectivity index (χ3n) is 4.91. The maximum absolute atomic E-state index is 12.3. The zero-order valence-corrected chi connectivity index (χ0v) is 21.7. The van der Waals surface area contributed by atoms with Crippen molar-refractivity contribution in [3.8, 4) is 11.5 Å². The molecule has 0 saturated heterocycles. The molecule has 1 unspecified atom stereocenters. The minimum Gasteiger partial charge on any atom is -0.484 e. The number of aliphatic hydroxyl groups excluding tert-OH is 1. The van der Waals surface area contributed by atoms with Gasteiger partial charge in [0.2, 0.25) is 0 Å². The number of para-hydroxylation sites is 1. The quantitative estimate of drug-likeness (QED) is 0.133. The Balaban J connectivity index is 0.00000334. The Morgan fingerprint density at radius 2 is 1.81 bits per heavy atom. The number of hydrogen-bond acceptors (Lipinski definition) is 7. The molecule has 0 fully saturated rings. The first-order valence-corrected chi connectivity index (χ1v) is 12.1. The molecule has 198 valence electrons. The largest absolute Gasteiger partial charge is 0.484 e. The number of nitrogens with one attached hydrogen (secondary N) is 1. The molecule has 0 aliphatic heterocycles. The van der Waals surface area contributed by atoms with Crippen LogP contribution >= 0.6 is 0 Å². The van der Waals surface area contributed by atoms with Crippen LogP contribution in [0.4, 0.5) is 0 Å². The molecule has 0 saturated carbocycles. The van der Waals surface area contributed by atoms with Crippen molar-refractivity contribution in [1.29, 1.82) is 0 Å². The van der Waals surface area contributed by atoms with Crippen molar-refractivity contribution >= 4 is 24.9 Å². The van der Waals surface area contributed by atoms with Gasteiger partial charge in [0.05, 0.1) is 18.7 Å². The van der Waals surface area contributed by atoms with Gasteiger partial charge in [-0.05, 0) is 49.6 Å². The summed E-state index contributed by atoms with van der Waals surface area (Å²) in [5.41, 5.74) is 4.84. The molecule has 0 aliphatic rings. The van der Waals surface area contributed by atoms with E-state index >= 15 is 0 Å². The summed E-state index contributed by atoms with van der Waals surface area (Å²) < 4.78 is 10.9. The molecule has 2 rings (SSSR count). The molecule has 2 aromatic rings. The Kier molecular flexibility index (Phi) is 15.3. The van der Waals surface area contributed by atoms with Crippen LogP contribution in [0.3, 0.4) is 0 Å². The predicted octanol–water partition coefficient (Wildman–Crippen LogP) is 4.69. The average molecular weight is 509 g/mol. The lowest BCUT2D eigenvalue weighted by molar-refractivity contribution is -0.133. The van der Waals surface area contributed by atoms with E-state index in [2.05, 4.69) is 10.5 Å². The van der Waals surface area contributed by atoms with Crippen molar-refractivity contribution in [2.24, 2.45) is 5.10 Å². The molecule has 8 heteroatoms. The van der Waals surface area contributed by atoms with E-state index in [9.17, 15) is 14.7 Å². The summed E-state index contributed by atoms with van der Waals surface area (Å²) in [6.45, 7) is 7.81. The zero-order chi connectivity index (χ0) is 27.5. The number of allylic oxidation sites excluding steroid dienone is 1. The van der Waals surface area contributed by atoms with Gasteiger partial charge in [-0.2, -0.15) is 5.10 Å². The van der Waals surface area contributed by atoms with Crippen LogP contribution in [0.15, 0.2) is 77.4 Å². The Labute approximate surface area is 218 Å². The summed E-state index contributed by atoms with van der Waals surface area (Å²) >= 11 is 0. The standard InChI is InChI=1S/C28H34N2O5.CH2O/c1-4-9-22(25(31)10-5-2)12-8-14-28(33)35-26-13-7-6-11-23(26)19-29-30-27(32)20-34-24-17-15-21(3)16-18-24;1-2/h6-9,11-13,15-19,25,31H,4-5,10,14,20H2,1-3H3,(H,30,32);1H2/b12-8-,22-9+,29-19+;. The van der Waals surface area contributed by atoms with Gasteiger partial charge < -0.3 is 19.4 Å². The summed E-state index contributed by atoms with van der Waals surface area (Å²) in [5.74, 6) is 0.0643. The number of nitrogens with zero attached hydrogens (tertiary/aromatic N) is 1. The third-order valence-corrected chi connectivity index (χ3v) is 4.91. The molecular weight excluding hydrogens is 472 g/mol. The Bertz CT molecular complexity index is 1060. The van der Waals surface area contributed by atoms with Crippen LogP contribution in [0.1, 0.15) is 50.7 Å². The van der Waals surface area contributed by atoms with E-state index in [-0.39, 0.29) is 13.0 Å². The number of aliphatic hydroxyl groups is 1. The van der Waals surface area contributed by atoms with Gasteiger partial charge in [0, 0.05) is 5.56 Å². The number of carbonyl (C=O) groups excluding carboxylic acids is 3. The molecule has 1 atom stereocenters. The van der Waals surface area contributed by atoms with Crippen LogP contribution in [-0.2, 0) is 14.4 Å². The fraction of sp³-hybridized carbons (Fsp3) is 0.310. The number of amides is 1. The molecule has 0 aliphatic carbocycles. The predicted molar refractivity (Wildman–Crippen MR) is 145 cm³/mol. The van der Waals surface area contributed by atoms with E-state index in [1.54, 1.807) is 48.6 Å². The first-order valence-electron chi connectivity index (χ1n) is 12.1. The Morgan fingerprint density at radius 1 is 1.11 bits per heavy atom. The molecule has 0 aromatic heterocycles. The van der Waals surface area contributed by atoms with Crippen molar-refractivity contribution in [2.75, 3.05) is 6.61 Å². The first kappa shape index (κ1) is 31.0. The topological polar surface area (TPSA) is 114 Å². The maximum atomic E-state index is 12.3. The average Bonchev–Trinajstić information content (AvgIpc) is 2.90. The molecule has 0 heterocycles. The molecular formula is C29H36N2O6. The molecule has 2 N–H and O–H groups in total. The van der Waals surface area contributed by atoms with Crippen molar-refractivity contribution in [2.45, 2.75) is 52.6 Å². The molecule has 0 bridgehead atoms. The first-order chi connectivity index (χ1) is 17.9. The van der Waals surface area contributed by atoms with Crippen LogP contribution in [0.25, 0.3) is 0 Å². The summed E-state index contributed by atoms with van der Waals surface area (Å²) in [6, 6.07) is 14.3. The van der Waals surface area contributed by atoms with Crippen LogP contribution in [0.2, 0.25) is 0 Å². The van der Waals surface area contributed by atoms with Crippen molar-refractivity contribution < 1.29 is 29.0 Å². The smallest absolute Gasteiger partial charge is 0.315 e. The van der Waals surface area contributed by atoms with Gasteiger partial charge in [0.1, 0.15) is 18.3 Å². The second kappa shape index (κ2) is 18.3. The third kappa shape index (κ3) is 12.5. The number of ether oxygens (including phenoxy) is 2. The number of benzene rings is 2. The normalized spacial score (nSPS) is 12.1.